The maximum absolute atomic E-state index is 14.0. The van der Waals surface area contributed by atoms with E-state index < -0.39 is 18.2 Å². The summed E-state index contributed by atoms with van der Waals surface area (Å²) in [6.07, 6.45) is 4.40. The van der Waals surface area contributed by atoms with Gasteiger partial charge in [0.1, 0.15) is 36.6 Å². The van der Waals surface area contributed by atoms with Crippen LogP contribution in [-0.4, -0.2) is 107 Å². The Morgan fingerprint density at radius 1 is 0.932 bits per heavy atom. The molecular formula is C43H52N8O8. The average Bonchev–Trinajstić information content (AvgIpc) is 4.06. The van der Waals surface area contributed by atoms with E-state index in [1.54, 1.807) is 18.2 Å². The van der Waals surface area contributed by atoms with Crippen molar-refractivity contribution in [3.05, 3.63) is 65.0 Å². The molecule has 5 atom stereocenters. The maximum atomic E-state index is 14.0. The number of hydrogen-bond donors (Lipinski definition) is 4. The number of fused-ring (bicyclic) bond motifs is 6. The van der Waals surface area contributed by atoms with Crippen LogP contribution in [0.3, 0.4) is 0 Å². The number of likely N-dealkylation sites (tertiary alicyclic amines) is 2. The van der Waals surface area contributed by atoms with Crippen molar-refractivity contribution >= 4 is 24.0 Å². The lowest BCUT2D eigenvalue weighted by molar-refractivity contribution is -0.137. The molecule has 16 nitrogen and oxygen atoms in total. The van der Waals surface area contributed by atoms with E-state index in [1.165, 1.54) is 19.8 Å². The number of aromatic nitrogens is 4. The number of imidazole rings is 2. The number of rotatable bonds is 10. The topological polar surface area (TPSA) is 193 Å². The van der Waals surface area contributed by atoms with Gasteiger partial charge in [-0.05, 0) is 85.4 Å². The molecule has 4 aliphatic rings. The molecule has 0 bridgehead atoms. The minimum atomic E-state index is -0.714. The number of aryl methyl sites for hydroxylation is 2. The third-order valence-corrected chi connectivity index (χ3v) is 12.2. The summed E-state index contributed by atoms with van der Waals surface area (Å²) in [6.45, 7) is 7.10. The lowest BCUT2D eigenvalue weighted by atomic mass is 9.86. The van der Waals surface area contributed by atoms with Gasteiger partial charge in [0.25, 0.3) is 0 Å². The minimum Gasteiger partial charge on any atom is -0.488 e. The van der Waals surface area contributed by atoms with E-state index in [0.717, 1.165) is 82.2 Å². The van der Waals surface area contributed by atoms with Crippen molar-refractivity contribution in [3.63, 3.8) is 0 Å². The van der Waals surface area contributed by atoms with Crippen LogP contribution in [0.15, 0.2) is 36.5 Å². The van der Waals surface area contributed by atoms with Crippen molar-refractivity contribution in [1.29, 1.82) is 0 Å². The predicted octanol–water partition coefficient (Wildman–Crippen LogP) is 5.45. The van der Waals surface area contributed by atoms with E-state index in [2.05, 4.69) is 55.7 Å². The van der Waals surface area contributed by atoms with Crippen LogP contribution < -0.4 is 15.4 Å². The molecule has 0 radical (unpaired) electrons. The predicted molar refractivity (Wildman–Crippen MR) is 216 cm³/mol. The van der Waals surface area contributed by atoms with E-state index in [-0.39, 0.29) is 48.3 Å². The van der Waals surface area contributed by atoms with Crippen LogP contribution in [0.2, 0.25) is 0 Å². The number of benzene rings is 2. The van der Waals surface area contributed by atoms with Crippen molar-refractivity contribution in [2.24, 2.45) is 11.8 Å². The number of methoxy groups -OCH3 is 3. The molecule has 16 heteroatoms. The molecule has 1 aliphatic carbocycles. The van der Waals surface area contributed by atoms with Crippen molar-refractivity contribution in [3.8, 4) is 39.4 Å². The van der Waals surface area contributed by atoms with Crippen LogP contribution in [0.4, 0.5) is 9.59 Å². The molecule has 0 saturated carbocycles. The van der Waals surface area contributed by atoms with Crippen LogP contribution >= 0.6 is 0 Å². The first-order chi connectivity index (χ1) is 28.5. The summed E-state index contributed by atoms with van der Waals surface area (Å²) < 4.78 is 21.3. The SMILES string of the molecule is COCC1CC(c2ncc(-c3ccc4c(c3)COc3cc5c(cc3-4)CCc3[nH]c(C4CCC(C)N4C(=O)C(NC(=O)OC)C(C)C)nc3-5)[nH]2)N(C(=O)CNC(=O)OC)C1. The molecule has 2 aromatic carbocycles. The molecule has 2 saturated heterocycles. The molecule has 0 spiro atoms. The second kappa shape index (κ2) is 16.4. The van der Waals surface area contributed by atoms with Crippen LogP contribution in [0, 0.1) is 11.8 Å². The smallest absolute Gasteiger partial charge is 0.407 e. The number of ether oxygens (including phenoxy) is 4. The lowest BCUT2D eigenvalue weighted by Gasteiger charge is -2.32. The van der Waals surface area contributed by atoms with Crippen LogP contribution in [0.1, 0.15) is 80.6 Å². The number of aromatic amines is 2. The van der Waals surface area contributed by atoms with Crippen molar-refractivity contribution in [2.75, 3.05) is 41.0 Å². The average molecular weight is 809 g/mol. The van der Waals surface area contributed by atoms with Gasteiger partial charge in [0.15, 0.2) is 0 Å². The van der Waals surface area contributed by atoms with E-state index in [0.29, 0.717) is 32.0 Å². The summed E-state index contributed by atoms with van der Waals surface area (Å²) in [6, 6.07) is 9.40. The molecule has 2 aromatic heterocycles. The number of hydrogen-bond acceptors (Lipinski definition) is 10. The highest BCUT2D eigenvalue weighted by molar-refractivity contribution is 5.87. The second-order valence-electron chi connectivity index (χ2n) is 16.3. The van der Waals surface area contributed by atoms with Gasteiger partial charge in [-0.25, -0.2) is 19.6 Å². The van der Waals surface area contributed by atoms with Crippen molar-refractivity contribution in [2.45, 2.75) is 83.6 Å². The monoisotopic (exact) mass is 808 g/mol. The Morgan fingerprint density at radius 2 is 1.75 bits per heavy atom. The zero-order valence-electron chi connectivity index (χ0n) is 34.3. The van der Waals surface area contributed by atoms with Crippen molar-refractivity contribution in [1.82, 2.24) is 40.4 Å². The van der Waals surface area contributed by atoms with Gasteiger partial charge in [0, 0.05) is 42.4 Å². The zero-order chi connectivity index (χ0) is 41.5. The van der Waals surface area contributed by atoms with Crippen LogP contribution in [0.5, 0.6) is 5.75 Å². The van der Waals surface area contributed by atoms with E-state index in [4.69, 9.17) is 24.2 Å². The largest absolute Gasteiger partial charge is 0.488 e. The Morgan fingerprint density at radius 3 is 2.51 bits per heavy atom. The Labute approximate surface area is 342 Å². The molecule has 8 rings (SSSR count). The lowest BCUT2D eigenvalue weighted by Crippen LogP contribution is -2.52. The summed E-state index contributed by atoms with van der Waals surface area (Å²) in [5, 5.41) is 5.23. The number of H-pyrrole nitrogens is 2. The third-order valence-electron chi connectivity index (χ3n) is 12.2. The van der Waals surface area contributed by atoms with E-state index >= 15 is 0 Å². The molecular weight excluding hydrogens is 757 g/mol. The number of carbonyl (C=O) groups excluding carboxylic acids is 4. The zero-order valence-corrected chi connectivity index (χ0v) is 34.3. The fraction of sp³-hybridized carbons (Fsp3) is 0.488. The summed E-state index contributed by atoms with van der Waals surface area (Å²) >= 11 is 0. The minimum absolute atomic E-state index is 0.00993. The fourth-order valence-corrected chi connectivity index (χ4v) is 9.20. The van der Waals surface area contributed by atoms with Crippen LogP contribution in [0.25, 0.3) is 33.6 Å². The highest BCUT2D eigenvalue weighted by Crippen LogP contribution is 2.46. The molecule has 59 heavy (non-hydrogen) atoms. The van der Waals surface area contributed by atoms with Gasteiger partial charge >= 0.3 is 12.2 Å². The Bertz CT molecular complexity index is 2270. The van der Waals surface area contributed by atoms with Gasteiger partial charge in [-0.15, -0.1) is 0 Å². The first-order valence-electron chi connectivity index (χ1n) is 20.3. The number of nitrogens with zero attached hydrogens (tertiary/aromatic N) is 4. The molecule has 5 unspecified atom stereocenters. The van der Waals surface area contributed by atoms with E-state index in [1.807, 2.05) is 25.7 Å². The Kier molecular flexibility index (Phi) is 11.1. The fourth-order valence-electron chi connectivity index (χ4n) is 9.20. The summed E-state index contributed by atoms with van der Waals surface area (Å²) in [4.78, 5) is 71.5. The highest BCUT2D eigenvalue weighted by atomic mass is 16.5. The summed E-state index contributed by atoms with van der Waals surface area (Å²) in [5.74, 6) is 1.88. The first kappa shape index (κ1) is 39.9. The molecule has 3 aliphatic heterocycles. The molecule has 4 aromatic rings. The number of alkyl carbamates (subject to hydrolysis) is 2. The number of amides is 4. The maximum Gasteiger partial charge on any atom is 0.407 e. The summed E-state index contributed by atoms with van der Waals surface area (Å²) in [7, 11) is 4.21. The van der Waals surface area contributed by atoms with Gasteiger partial charge in [-0.2, -0.15) is 0 Å². The normalized spacial score (nSPS) is 20.9. The summed E-state index contributed by atoms with van der Waals surface area (Å²) in [5.41, 5.74) is 9.12. The first-order valence-corrected chi connectivity index (χ1v) is 20.3. The molecule has 2 fully saturated rings. The van der Waals surface area contributed by atoms with Gasteiger partial charge in [0.05, 0.1) is 50.5 Å². The molecule has 5 heterocycles. The third kappa shape index (κ3) is 7.61. The second-order valence-corrected chi connectivity index (χ2v) is 16.3. The number of nitrogens with one attached hydrogen (secondary N) is 4. The highest BCUT2D eigenvalue weighted by Gasteiger charge is 2.42. The quantitative estimate of drug-likeness (QED) is 0.160. The Balaban J connectivity index is 1.02. The van der Waals surface area contributed by atoms with Crippen LogP contribution in [-0.2, 0) is 43.2 Å². The number of carbonyl (C=O) groups is 4. The van der Waals surface area contributed by atoms with E-state index in [9.17, 15) is 19.2 Å². The van der Waals surface area contributed by atoms with Crippen molar-refractivity contribution < 1.29 is 38.1 Å². The standard InChI is InChI=1S/C43H52N8O8/c1-22(2)37(49-43(55)58-6)41(53)51-23(3)7-12-33(51)40-46-31-11-9-25-15-30-28-10-8-26(14-27(28)21-59-35(30)16-29(25)38(31)48-40)32-17-44-39(47-32)34-13-24(20-56-4)19-50(34)36(52)18-45-42(54)57-5/h8,10,14-17,22-24,33-34,37H,7,9,11-13,18-21H2,1-6H3,(H,44,47)(H,45,54)(H,46,48)(H,49,55). The molecule has 312 valence electrons. The van der Waals surface area contributed by atoms with Gasteiger partial charge in [-0.3, -0.25) is 9.59 Å². The molecule has 4 amide bonds. The van der Waals surface area contributed by atoms with Gasteiger partial charge in [-0.1, -0.05) is 26.0 Å². The molecule has 4 N–H and O–H groups in total. The van der Waals surface area contributed by atoms with Gasteiger partial charge in [0.2, 0.25) is 11.8 Å². The van der Waals surface area contributed by atoms with Gasteiger partial charge < -0.3 is 49.3 Å². The Hall–Kier alpha value is -5.90.